The molecule has 92 valence electrons. The number of rotatable bonds is 5. The first-order valence-corrected chi connectivity index (χ1v) is 6.32. The molecule has 18 heavy (non-hydrogen) atoms. The van der Waals surface area contributed by atoms with Crippen molar-refractivity contribution in [2.45, 2.75) is 12.5 Å². The van der Waals surface area contributed by atoms with Gasteiger partial charge in [0.05, 0.1) is 19.3 Å². The van der Waals surface area contributed by atoms with Crippen molar-refractivity contribution in [2.75, 3.05) is 13.2 Å². The molecular formula is C16H16O2. The van der Waals surface area contributed by atoms with E-state index < -0.39 is 0 Å². The van der Waals surface area contributed by atoms with Crippen LogP contribution in [0.2, 0.25) is 0 Å². The van der Waals surface area contributed by atoms with Crippen molar-refractivity contribution in [2.24, 2.45) is 0 Å². The zero-order valence-electron chi connectivity index (χ0n) is 10.2. The van der Waals surface area contributed by atoms with Gasteiger partial charge in [-0.05, 0) is 11.6 Å². The summed E-state index contributed by atoms with van der Waals surface area (Å²) < 4.78 is 11.0. The van der Waals surface area contributed by atoms with Crippen LogP contribution in [0.1, 0.15) is 6.42 Å². The smallest absolute Gasteiger partial charge is 0.127 e. The molecule has 2 aromatic rings. The van der Waals surface area contributed by atoms with Crippen LogP contribution in [0, 0.1) is 0 Å². The van der Waals surface area contributed by atoms with Crippen LogP contribution in [-0.2, 0) is 4.74 Å². The number of ether oxygens (including phenoxy) is 2. The molecule has 0 saturated carbocycles. The maximum atomic E-state index is 5.86. The van der Waals surface area contributed by atoms with E-state index in [4.69, 9.17) is 9.47 Å². The Hall–Kier alpha value is -1.80. The Morgan fingerprint density at radius 3 is 2.50 bits per heavy atom. The summed E-state index contributed by atoms with van der Waals surface area (Å²) in [7, 11) is 0. The van der Waals surface area contributed by atoms with E-state index in [0.29, 0.717) is 12.7 Å². The van der Waals surface area contributed by atoms with Gasteiger partial charge in [0.2, 0.25) is 0 Å². The van der Waals surface area contributed by atoms with Crippen LogP contribution < -0.4 is 4.74 Å². The molecule has 1 unspecified atom stereocenters. The SMILES string of the molecule is c1ccc(-c2ccccc2OCCC2CO2)cc1. The Bertz CT molecular complexity index is 504. The van der Waals surface area contributed by atoms with E-state index in [0.717, 1.165) is 24.3 Å². The normalized spacial score (nSPS) is 17.4. The first-order chi connectivity index (χ1) is 8.93. The molecule has 1 aliphatic rings. The Labute approximate surface area is 107 Å². The van der Waals surface area contributed by atoms with Crippen LogP contribution in [0.5, 0.6) is 5.75 Å². The maximum absolute atomic E-state index is 5.86. The largest absolute Gasteiger partial charge is 0.493 e. The lowest BCUT2D eigenvalue weighted by atomic mass is 10.1. The van der Waals surface area contributed by atoms with Gasteiger partial charge in [-0.25, -0.2) is 0 Å². The highest BCUT2D eigenvalue weighted by molar-refractivity contribution is 5.70. The Balaban J connectivity index is 1.76. The minimum Gasteiger partial charge on any atom is -0.493 e. The van der Waals surface area contributed by atoms with E-state index in [2.05, 4.69) is 18.2 Å². The van der Waals surface area contributed by atoms with Gasteiger partial charge in [-0.3, -0.25) is 0 Å². The number of para-hydroxylation sites is 1. The number of benzene rings is 2. The lowest BCUT2D eigenvalue weighted by Crippen LogP contribution is -2.01. The minimum absolute atomic E-state index is 0.425. The van der Waals surface area contributed by atoms with Gasteiger partial charge in [0.15, 0.2) is 0 Å². The summed E-state index contributed by atoms with van der Waals surface area (Å²) in [4.78, 5) is 0. The molecule has 0 aliphatic carbocycles. The van der Waals surface area contributed by atoms with Crippen molar-refractivity contribution < 1.29 is 9.47 Å². The van der Waals surface area contributed by atoms with Crippen molar-refractivity contribution >= 4 is 0 Å². The zero-order valence-corrected chi connectivity index (χ0v) is 10.2. The quantitative estimate of drug-likeness (QED) is 0.746. The molecule has 1 saturated heterocycles. The standard InChI is InChI=1S/C16H16O2/c1-2-6-13(7-3-1)15-8-4-5-9-16(15)17-11-10-14-12-18-14/h1-9,14H,10-12H2. The van der Waals surface area contributed by atoms with Gasteiger partial charge in [-0.15, -0.1) is 0 Å². The Kier molecular flexibility index (Phi) is 3.29. The summed E-state index contributed by atoms with van der Waals surface area (Å²) in [6, 6.07) is 18.5. The van der Waals surface area contributed by atoms with E-state index in [1.54, 1.807) is 0 Å². The summed E-state index contributed by atoms with van der Waals surface area (Å²) in [6.45, 7) is 1.61. The molecule has 2 heteroatoms. The topological polar surface area (TPSA) is 21.8 Å². The van der Waals surface area contributed by atoms with Crippen LogP contribution in [0.15, 0.2) is 54.6 Å². The molecule has 1 fully saturated rings. The van der Waals surface area contributed by atoms with Crippen LogP contribution in [0.4, 0.5) is 0 Å². The predicted octanol–water partition coefficient (Wildman–Crippen LogP) is 3.52. The lowest BCUT2D eigenvalue weighted by molar-refractivity contribution is 0.284. The van der Waals surface area contributed by atoms with Gasteiger partial charge in [0, 0.05) is 12.0 Å². The van der Waals surface area contributed by atoms with Gasteiger partial charge in [0.1, 0.15) is 5.75 Å². The molecule has 0 amide bonds. The second kappa shape index (κ2) is 5.23. The number of hydrogen-bond donors (Lipinski definition) is 0. The van der Waals surface area contributed by atoms with Crippen molar-refractivity contribution in [3.8, 4) is 16.9 Å². The van der Waals surface area contributed by atoms with Gasteiger partial charge in [-0.2, -0.15) is 0 Å². The van der Waals surface area contributed by atoms with Gasteiger partial charge >= 0.3 is 0 Å². The second-order valence-electron chi connectivity index (χ2n) is 4.45. The molecule has 0 aromatic heterocycles. The predicted molar refractivity (Wildman–Crippen MR) is 71.7 cm³/mol. The average Bonchev–Trinajstić information content (AvgIpc) is 3.25. The molecule has 0 spiro atoms. The highest BCUT2D eigenvalue weighted by atomic mass is 16.6. The van der Waals surface area contributed by atoms with Gasteiger partial charge < -0.3 is 9.47 Å². The van der Waals surface area contributed by atoms with E-state index in [9.17, 15) is 0 Å². The summed E-state index contributed by atoms with van der Waals surface area (Å²) in [5.41, 5.74) is 2.34. The fourth-order valence-electron chi connectivity index (χ4n) is 1.98. The summed E-state index contributed by atoms with van der Waals surface area (Å²) >= 11 is 0. The first kappa shape index (κ1) is 11.3. The summed E-state index contributed by atoms with van der Waals surface area (Å²) in [5, 5.41) is 0. The van der Waals surface area contributed by atoms with Crippen molar-refractivity contribution in [3.63, 3.8) is 0 Å². The minimum atomic E-state index is 0.425. The molecular weight excluding hydrogens is 224 g/mol. The highest BCUT2D eigenvalue weighted by Crippen LogP contribution is 2.29. The van der Waals surface area contributed by atoms with Crippen LogP contribution in [0.3, 0.4) is 0 Å². The van der Waals surface area contributed by atoms with Crippen LogP contribution in [0.25, 0.3) is 11.1 Å². The number of epoxide rings is 1. The molecule has 2 nitrogen and oxygen atoms in total. The van der Waals surface area contributed by atoms with Crippen molar-refractivity contribution in [3.05, 3.63) is 54.6 Å². The molecule has 3 rings (SSSR count). The van der Waals surface area contributed by atoms with E-state index in [1.807, 2.05) is 36.4 Å². The Morgan fingerprint density at radius 2 is 1.72 bits per heavy atom. The monoisotopic (exact) mass is 240 g/mol. The molecule has 1 atom stereocenters. The molecule has 1 aliphatic heterocycles. The molecule has 0 N–H and O–H groups in total. The number of hydrogen-bond acceptors (Lipinski definition) is 2. The molecule has 0 radical (unpaired) electrons. The summed E-state index contributed by atoms with van der Waals surface area (Å²) in [5.74, 6) is 0.948. The maximum Gasteiger partial charge on any atom is 0.127 e. The van der Waals surface area contributed by atoms with Gasteiger partial charge in [-0.1, -0.05) is 48.5 Å². The average molecular weight is 240 g/mol. The third-order valence-electron chi connectivity index (χ3n) is 3.07. The van der Waals surface area contributed by atoms with Crippen LogP contribution in [-0.4, -0.2) is 19.3 Å². The first-order valence-electron chi connectivity index (χ1n) is 6.32. The fourth-order valence-corrected chi connectivity index (χ4v) is 1.98. The lowest BCUT2D eigenvalue weighted by Gasteiger charge is -2.11. The third kappa shape index (κ3) is 2.71. The van der Waals surface area contributed by atoms with Crippen molar-refractivity contribution in [1.29, 1.82) is 0 Å². The Morgan fingerprint density at radius 1 is 1.00 bits per heavy atom. The van der Waals surface area contributed by atoms with Crippen molar-refractivity contribution in [1.82, 2.24) is 0 Å². The van der Waals surface area contributed by atoms with Gasteiger partial charge in [0.25, 0.3) is 0 Å². The fraction of sp³-hybridized carbons (Fsp3) is 0.250. The highest BCUT2D eigenvalue weighted by Gasteiger charge is 2.21. The molecule has 2 aromatic carbocycles. The van der Waals surface area contributed by atoms with E-state index in [-0.39, 0.29) is 0 Å². The molecule has 1 heterocycles. The molecule has 0 bridgehead atoms. The third-order valence-corrected chi connectivity index (χ3v) is 3.07. The second-order valence-corrected chi connectivity index (χ2v) is 4.45. The van der Waals surface area contributed by atoms with E-state index in [1.165, 1.54) is 5.56 Å². The van der Waals surface area contributed by atoms with Crippen LogP contribution >= 0.6 is 0 Å². The zero-order chi connectivity index (χ0) is 12.2. The summed E-state index contributed by atoms with van der Waals surface area (Å²) in [6.07, 6.45) is 1.40. The van der Waals surface area contributed by atoms with E-state index >= 15 is 0 Å².